The first-order valence-corrected chi connectivity index (χ1v) is 5.62. The molecule has 5 nitrogen and oxygen atoms in total. The van der Waals surface area contributed by atoms with Crippen LogP contribution in [0.2, 0.25) is 0 Å². The Morgan fingerprint density at radius 3 is 3.27 bits per heavy atom. The van der Waals surface area contributed by atoms with Gasteiger partial charge in [0.15, 0.2) is 0 Å². The maximum absolute atomic E-state index is 8.80. The van der Waals surface area contributed by atoms with E-state index in [2.05, 4.69) is 20.1 Å². The van der Waals surface area contributed by atoms with E-state index in [1.54, 1.807) is 0 Å². The van der Waals surface area contributed by atoms with Crippen molar-refractivity contribution in [1.29, 1.82) is 0 Å². The molecule has 2 rings (SSSR count). The molecule has 1 fully saturated rings. The molecule has 1 atom stereocenters. The quantitative estimate of drug-likeness (QED) is 0.741. The van der Waals surface area contributed by atoms with Gasteiger partial charge in [0.25, 0.3) is 0 Å². The molecule has 1 aliphatic rings. The Morgan fingerprint density at radius 1 is 1.60 bits per heavy atom. The summed E-state index contributed by atoms with van der Waals surface area (Å²) in [4.78, 5) is 0. The molecule has 15 heavy (non-hydrogen) atoms. The minimum atomic E-state index is 0.218. The zero-order valence-electron chi connectivity index (χ0n) is 8.89. The van der Waals surface area contributed by atoms with Gasteiger partial charge in [0.1, 0.15) is 12.2 Å². The van der Waals surface area contributed by atoms with Gasteiger partial charge in [0.05, 0.1) is 0 Å². The summed E-state index contributed by atoms with van der Waals surface area (Å²) >= 11 is 0. The molecular weight excluding hydrogens is 192 g/mol. The van der Waals surface area contributed by atoms with E-state index in [4.69, 9.17) is 5.11 Å². The second-order valence-corrected chi connectivity index (χ2v) is 3.98. The minimum Gasteiger partial charge on any atom is -0.396 e. The number of nitrogens with zero attached hydrogens (tertiary/aromatic N) is 3. The van der Waals surface area contributed by atoms with Gasteiger partial charge in [-0.15, -0.1) is 10.2 Å². The van der Waals surface area contributed by atoms with Gasteiger partial charge in [-0.2, -0.15) is 0 Å². The van der Waals surface area contributed by atoms with E-state index >= 15 is 0 Å². The van der Waals surface area contributed by atoms with Gasteiger partial charge in [-0.1, -0.05) is 0 Å². The van der Waals surface area contributed by atoms with Crippen molar-refractivity contribution in [2.24, 2.45) is 0 Å². The number of aliphatic hydroxyl groups excluding tert-OH is 1. The van der Waals surface area contributed by atoms with Crippen LogP contribution in [0.25, 0.3) is 0 Å². The predicted octanol–water partition coefficient (Wildman–Crippen LogP) is 0.128. The molecule has 2 heterocycles. The summed E-state index contributed by atoms with van der Waals surface area (Å²) in [6.45, 7) is 2.34. The summed E-state index contributed by atoms with van der Waals surface area (Å²) in [5, 5.41) is 20.2. The first kappa shape index (κ1) is 10.6. The third kappa shape index (κ3) is 2.54. The molecule has 1 aromatic heterocycles. The van der Waals surface area contributed by atoms with Crippen LogP contribution in [-0.4, -0.2) is 39.6 Å². The average molecular weight is 210 g/mol. The highest BCUT2D eigenvalue weighted by molar-refractivity contribution is 4.91. The van der Waals surface area contributed by atoms with E-state index in [0.29, 0.717) is 6.04 Å². The smallest absolute Gasteiger partial charge is 0.133 e. The third-order valence-corrected chi connectivity index (χ3v) is 2.87. The van der Waals surface area contributed by atoms with Crippen LogP contribution in [0.4, 0.5) is 0 Å². The van der Waals surface area contributed by atoms with Crippen LogP contribution in [0.5, 0.6) is 0 Å². The molecule has 0 aliphatic carbocycles. The lowest BCUT2D eigenvalue weighted by Gasteiger charge is -2.24. The zero-order valence-corrected chi connectivity index (χ0v) is 8.89. The molecule has 84 valence electrons. The number of piperidine rings is 1. The van der Waals surface area contributed by atoms with Crippen molar-refractivity contribution in [3.8, 4) is 0 Å². The number of hydrogen-bond donors (Lipinski definition) is 2. The fourth-order valence-electron chi connectivity index (χ4n) is 2.06. The molecule has 1 aliphatic heterocycles. The van der Waals surface area contributed by atoms with E-state index in [1.807, 2.05) is 6.33 Å². The van der Waals surface area contributed by atoms with Crippen LogP contribution < -0.4 is 5.32 Å². The first-order valence-electron chi connectivity index (χ1n) is 5.62. The van der Waals surface area contributed by atoms with Gasteiger partial charge < -0.3 is 15.0 Å². The molecule has 2 N–H and O–H groups in total. The Kier molecular flexibility index (Phi) is 3.69. The third-order valence-electron chi connectivity index (χ3n) is 2.87. The van der Waals surface area contributed by atoms with Gasteiger partial charge in [-0.25, -0.2) is 0 Å². The topological polar surface area (TPSA) is 63.0 Å². The van der Waals surface area contributed by atoms with E-state index in [1.165, 1.54) is 12.8 Å². The van der Waals surface area contributed by atoms with E-state index in [9.17, 15) is 0 Å². The Labute approximate surface area is 89.5 Å². The fraction of sp³-hybridized carbons (Fsp3) is 0.800. The number of nitrogens with one attached hydrogen (secondary N) is 1. The van der Waals surface area contributed by atoms with Crippen LogP contribution in [0.1, 0.15) is 31.1 Å². The number of aromatic nitrogens is 3. The van der Waals surface area contributed by atoms with Gasteiger partial charge in [-0.05, 0) is 25.8 Å². The SMILES string of the molecule is OCCCc1nncn1C1CCCNC1. The molecule has 1 aromatic rings. The molecule has 0 spiro atoms. The molecular formula is C10H18N4O. The normalized spacial score (nSPS) is 21.8. The van der Waals surface area contributed by atoms with Crippen LogP contribution >= 0.6 is 0 Å². The lowest BCUT2D eigenvalue weighted by molar-refractivity contribution is 0.285. The lowest BCUT2D eigenvalue weighted by atomic mass is 10.1. The van der Waals surface area contributed by atoms with Crippen molar-refractivity contribution in [3.63, 3.8) is 0 Å². The highest BCUT2D eigenvalue weighted by atomic mass is 16.2. The fourth-order valence-corrected chi connectivity index (χ4v) is 2.06. The highest BCUT2D eigenvalue weighted by Crippen LogP contribution is 2.17. The van der Waals surface area contributed by atoms with Crippen molar-refractivity contribution in [1.82, 2.24) is 20.1 Å². The van der Waals surface area contributed by atoms with Crippen molar-refractivity contribution in [2.75, 3.05) is 19.7 Å². The van der Waals surface area contributed by atoms with Gasteiger partial charge >= 0.3 is 0 Å². The molecule has 0 saturated carbocycles. The average Bonchev–Trinajstić information content (AvgIpc) is 2.75. The van der Waals surface area contributed by atoms with Crippen LogP contribution in [0.15, 0.2) is 6.33 Å². The van der Waals surface area contributed by atoms with Crippen molar-refractivity contribution < 1.29 is 5.11 Å². The molecule has 0 aromatic carbocycles. The van der Waals surface area contributed by atoms with Crippen LogP contribution in [0, 0.1) is 0 Å². The van der Waals surface area contributed by atoms with Gasteiger partial charge in [-0.3, -0.25) is 0 Å². The highest BCUT2D eigenvalue weighted by Gasteiger charge is 2.17. The summed E-state index contributed by atoms with van der Waals surface area (Å²) in [7, 11) is 0. The zero-order chi connectivity index (χ0) is 10.5. The maximum Gasteiger partial charge on any atom is 0.133 e. The molecule has 0 bridgehead atoms. The van der Waals surface area contributed by atoms with E-state index < -0.39 is 0 Å². The Morgan fingerprint density at radius 2 is 2.53 bits per heavy atom. The number of aliphatic hydroxyl groups is 1. The van der Waals surface area contributed by atoms with Gasteiger partial charge in [0.2, 0.25) is 0 Å². The molecule has 1 saturated heterocycles. The minimum absolute atomic E-state index is 0.218. The largest absolute Gasteiger partial charge is 0.396 e. The lowest BCUT2D eigenvalue weighted by Crippen LogP contribution is -2.32. The van der Waals surface area contributed by atoms with Gasteiger partial charge in [0, 0.05) is 25.6 Å². The summed E-state index contributed by atoms with van der Waals surface area (Å²) in [6, 6.07) is 0.488. The Balaban J connectivity index is 2.02. The molecule has 0 radical (unpaired) electrons. The summed E-state index contributed by atoms with van der Waals surface area (Å²) in [5.41, 5.74) is 0. The molecule has 0 amide bonds. The summed E-state index contributed by atoms with van der Waals surface area (Å²) in [5.74, 6) is 0.998. The van der Waals surface area contributed by atoms with Crippen LogP contribution in [-0.2, 0) is 6.42 Å². The van der Waals surface area contributed by atoms with Crippen molar-refractivity contribution in [3.05, 3.63) is 12.2 Å². The predicted molar refractivity (Wildman–Crippen MR) is 56.6 cm³/mol. The molecule has 5 heteroatoms. The monoisotopic (exact) mass is 210 g/mol. The number of hydrogen-bond acceptors (Lipinski definition) is 4. The molecule has 1 unspecified atom stereocenters. The number of aryl methyl sites for hydroxylation is 1. The van der Waals surface area contributed by atoms with E-state index in [-0.39, 0.29) is 6.61 Å². The maximum atomic E-state index is 8.80. The Hall–Kier alpha value is -0.940. The van der Waals surface area contributed by atoms with E-state index in [0.717, 1.165) is 31.8 Å². The summed E-state index contributed by atoms with van der Waals surface area (Å²) < 4.78 is 2.15. The first-order chi connectivity index (χ1) is 7.42. The summed E-state index contributed by atoms with van der Waals surface area (Å²) in [6.07, 6.45) is 5.79. The Bertz CT molecular complexity index is 293. The second kappa shape index (κ2) is 5.23. The van der Waals surface area contributed by atoms with Crippen molar-refractivity contribution >= 4 is 0 Å². The standard InChI is InChI=1S/C10H18N4O/c15-6-2-4-10-13-12-8-14(10)9-3-1-5-11-7-9/h8-9,11,15H,1-7H2. The van der Waals surface area contributed by atoms with Crippen LogP contribution in [0.3, 0.4) is 0 Å². The number of rotatable bonds is 4. The second-order valence-electron chi connectivity index (χ2n) is 3.98. The van der Waals surface area contributed by atoms with Crippen molar-refractivity contribution in [2.45, 2.75) is 31.7 Å².